The first-order valence-corrected chi connectivity index (χ1v) is 11.5. The fourth-order valence-electron chi connectivity index (χ4n) is 4.48. The standard InChI is InChI=1S/C25H17Cl3N4O/c1-13-2-4-14(5-3-13)23-21-22(31-25-29-12-30-32(23)25)18-10-15(26)7-9-20(18)33-24(21)17-8-6-16(27)11-19(17)28/h2-12,23-24H,1H3,(H,29,30,31)/t23-,24-/m1/s1. The van der Waals surface area contributed by atoms with E-state index in [2.05, 4.69) is 46.6 Å². The Balaban J connectivity index is 1.65. The highest BCUT2D eigenvalue weighted by Gasteiger charge is 2.41. The molecular weight excluding hydrogens is 479 g/mol. The van der Waals surface area contributed by atoms with E-state index in [1.165, 1.54) is 5.56 Å². The van der Waals surface area contributed by atoms with E-state index < -0.39 is 6.10 Å². The molecule has 0 bridgehead atoms. The van der Waals surface area contributed by atoms with E-state index in [-0.39, 0.29) is 6.04 Å². The summed E-state index contributed by atoms with van der Waals surface area (Å²) in [4.78, 5) is 4.45. The molecule has 2 atom stereocenters. The van der Waals surface area contributed by atoms with Crippen LogP contribution in [-0.4, -0.2) is 14.8 Å². The van der Waals surface area contributed by atoms with Crippen molar-refractivity contribution in [3.63, 3.8) is 0 Å². The van der Waals surface area contributed by atoms with E-state index in [0.717, 1.165) is 28.0 Å². The summed E-state index contributed by atoms with van der Waals surface area (Å²) in [6, 6.07) is 19.2. The average molecular weight is 496 g/mol. The van der Waals surface area contributed by atoms with Gasteiger partial charge in [0.2, 0.25) is 5.95 Å². The highest BCUT2D eigenvalue weighted by Crippen LogP contribution is 2.52. The Kier molecular flexibility index (Phi) is 4.87. The molecule has 164 valence electrons. The number of ether oxygens (including phenoxy) is 1. The second kappa shape index (κ2) is 7.80. The maximum absolute atomic E-state index is 6.68. The van der Waals surface area contributed by atoms with Gasteiger partial charge in [-0.1, -0.05) is 70.7 Å². The number of aryl methyl sites for hydroxylation is 1. The number of benzene rings is 3. The predicted octanol–water partition coefficient (Wildman–Crippen LogP) is 7.11. The molecule has 4 aromatic rings. The first-order chi connectivity index (χ1) is 16.0. The lowest BCUT2D eigenvalue weighted by molar-refractivity contribution is 0.223. The van der Waals surface area contributed by atoms with Gasteiger partial charge in [0.25, 0.3) is 0 Å². The first-order valence-electron chi connectivity index (χ1n) is 10.4. The summed E-state index contributed by atoms with van der Waals surface area (Å²) in [5, 5.41) is 9.72. The van der Waals surface area contributed by atoms with Crippen molar-refractivity contribution in [1.82, 2.24) is 14.8 Å². The molecule has 0 aliphatic carbocycles. The van der Waals surface area contributed by atoms with Crippen molar-refractivity contribution < 1.29 is 4.74 Å². The lowest BCUT2D eigenvalue weighted by Crippen LogP contribution is -2.32. The van der Waals surface area contributed by atoms with Crippen molar-refractivity contribution in [2.75, 3.05) is 5.32 Å². The fourth-order valence-corrected chi connectivity index (χ4v) is 5.16. The Morgan fingerprint density at radius 3 is 2.48 bits per heavy atom. The Labute approximate surface area is 205 Å². The minimum absolute atomic E-state index is 0.261. The number of aromatic nitrogens is 3. The molecular formula is C25H17Cl3N4O. The smallest absolute Gasteiger partial charge is 0.226 e. The van der Waals surface area contributed by atoms with E-state index in [1.54, 1.807) is 12.4 Å². The number of hydrogen-bond donors (Lipinski definition) is 1. The zero-order chi connectivity index (χ0) is 22.7. The van der Waals surface area contributed by atoms with Crippen molar-refractivity contribution >= 4 is 46.4 Å². The van der Waals surface area contributed by atoms with Crippen LogP contribution >= 0.6 is 34.8 Å². The van der Waals surface area contributed by atoms with Gasteiger partial charge in [-0.2, -0.15) is 10.1 Å². The van der Waals surface area contributed by atoms with Crippen LogP contribution in [0.25, 0.3) is 5.70 Å². The van der Waals surface area contributed by atoms with Gasteiger partial charge < -0.3 is 10.1 Å². The molecule has 8 heteroatoms. The van der Waals surface area contributed by atoms with Crippen LogP contribution < -0.4 is 10.1 Å². The molecule has 0 spiro atoms. The monoisotopic (exact) mass is 494 g/mol. The molecule has 0 fully saturated rings. The minimum atomic E-state index is -0.477. The summed E-state index contributed by atoms with van der Waals surface area (Å²) in [7, 11) is 0. The third-order valence-electron chi connectivity index (χ3n) is 6.01. The van der Waals surface area contributed by atoms with Gasteiger partial charge in [-0.05, 0) is 42.8 Å². The molecule has 3 heterocycles. The first kappa shape index (κ1) is 20.6. The number of halogens is 3. The lowest BCUT2D eigenvalue weighted by atomic mass is 9.84. The summed E-state index contributed by atoms with van der Waals surface area (Å²) in [6.45, 7) is 2.07. The third-order valence-corrected chi connectivity index (χ3v) is 6.81. The molecule has 0 saturated heterocycles. The molecule has 1 N–H and O–H groups in total. The lowest BCUT2D eigenvalue weighted by Gasteiger charge is -2.39. The molecule has 2 aliphatic rings. The highest BCUT2D eigenvalue weighted by molar-refractivity contribution is 6.35. The van der Waals surface area contributed by atoms with Crippen LogP contribution in [0.3, 0.4) is 0 Å². The van der Waals surface area contributed by atoms with Crippen molar-refractivity contribution in [3.8, 4) is 5.75 Å². The number of nitrogens with one attached hydrogen (secondary N) is 1. The van der Waals surface area contributed by atoms with E-state index in [9.17, 15) is 0 Å². The number of hydrogen-bond acceptors (Lipinski definition) is 4. The van der Waals surface area contributed by atoms with Crippen LogP contribution in [0.15, 0.2) is 72.6 Å². The van der Waals surface area contributed by atoms with E-state index in [0.29, 0.717) is 26.8 Å². The SMILES string of the molecule is Cc1ccc([C@@H]2C3=C(Nc4ncnn42)c2cc(Cl)ccc2O[C@@H]3c2ccc(Cl)cc2Cl)cc1. The topological polar surface area (TPSA) is 52.0 Å². The van der Waals surface area contributed by atoms with Gasteiger partial charge in [-0.3, -0.25) is 0 Å². The number of rotatable bonds is 2. The number of anilines is 1. The summed E-state index contributed by atoms with van der Waals surface area (Å²) in [5.74, 6) is 1.35. The Bertz CT molecular complexity index is 1430. The summed E-state index contributed by atoms with van der Waals surface area (Å²) < 4.78 is 8.46. The van der Waals surface area contributed by atoms with E-state index in [1.807, 2.05) is 35.0 Å². The molecule has 0 radical (unpaired) electrons. The van der Waals surface area contributed by atoms with Crippen molar-refractivity contribution in [2.24, 2.45) is 0 Å². The molecule has 0 unspecified atom stereocenters. The van der Waals surface area contributed by atoms with Crippen molar-refractivity contribution in [2.45, 2.75) is 19.1 Å². The molecule has 3 aromatic carbocycles. The van der Waals surface area contributed by atoms with Crippen LogP contribution in [0, 0.1) is 6.92 Å². The van der Waals surface area contributed by atoms with Crippen LogP contribution in [0.4, 0.5) is 5.95 Å². The molecule has 5 nitrogen and oxygen atoms in total. The van der Waals surface area contributed by atoms with E-state index >= 15 is 0 Å². The van der Waals surface area contributed by atoms with Gasteiger partial charge in [0.15, 0.2) is 6.10 Å². The summed E-state index contributed by atoms with van der Waals surface area (Å²) in [6.07, 6.45) is 1.07. The predicted molar refractivity (Wildman–Crippen MR) is 131 cm³/mol. The van der Waals surface area contributed by atoms with Crippen LogP contribution in [-0.2, 0) is 0 Å². The second-order valence-electron chi connectivity index (χ2n) is 8.10. The second-order valence-corrected chi connectivity index (χ2v) is 9.38. The Hall–Kier alpha value is -2.99. The molecule has 1 aromatic heterocycles. The van der Waals surface area contributed by atoms with Gasteiger partial charge in [0.05, 0.1) is 5.70 Å². The highest BCUT2D eigenvalue weighted by atomic mass is 35.5. The van der Waals surface area contributed by atoms with Crippen LogP contribution in [0.5, 0.6) is 5.75 Å². The quantitative estimate of drug-likeness (QED) is 0.322. The minimum Gasteiger partial charge on any atom is -0.480 e. The van der Waals surface area contributed by atoms with Gasteiger partial charge in [0, 0.05) is 31.8 Å². The van der Waals surface area contributed by atoms with Crippen LogP contribution in [0.2, 0.25) is 15.1 Å². The number of fused-ring (bicyclic) bond motifs is 3. The van der Waals surface area contributed by atoms with Crippen molar-refractivity contribution in [1.29, 1.82) is 0 Å². The number of nitrogens with zero attached hydrogens (tertiary/aromatic N) is 3. The molecule has 6 rings (SSSR count). The Morgan fingerprint density at radius 2 is 1.70 bits per heavy atom. The fraction of sp³-hybridized carbons (Fsp3) is 0.120. The summed E-state index contributed by atoms with van der Waals surface area (Å²) >= 11 is 19.3. The summed E-state index contributed by atoms with van der Waals surface area (Å²) in [5.41, 5.74) is 5.78. The van der Waals surface area contributed by atoms with E-state index in [4.69, 9.17) is 39.5 Å². The largest absolute Gasteiger partial charge is 0.480 e. The Morgan fingerprint density at radius 1 is 0.939 bits per heavy atom. The van der Waals surface area contributed by atoms with Gasteiger partial charge in [0.1, 0.15) is 18.1 Å². The molecule has 0 saturated carbocycles. The molecule has 2 aliphatic heterocycles. The van der Waals surface area contributed by atoms with Gasteiger partial charge >= 0.3 is 0 Å². The zero-order valence-corrected chi connectivity index (χ0v) is 19.7. The van der Waals surface area contributed by atoms with Crippen LogP contribution in [0.1, 0.15) is 34.4 Å². The van der Waals surface area contributed by atoms with Gasteiger partial charge in [-0.15, -0.1) is 0 Å². The maximum Gasteiger partial charge on any atom is 0.226 e. The molecule has 0 amide bonds. The normalized spacial score (nSPS) is 18.7. The zero-order valence-electron chi connectivity index (χ0n) is 17.4. The third kappa shape index (κ3) is 3.39. The maximum atomic E-state index is 6.68. The average Bonchev–Trinajstić information content (AvgIpc) is 3.27. The molecule has 33 heavy (non-hydrogen) atoms. The van der Waals surface area contributed by atoms with Crippen molar-refractivity contribution in [3.05, 3.63) is 110 Å². The van der Waals surface area contributed by atoms with Gasteiger partial charge in [-0.25, -0.2) is 4.68 Å².